The van der Waals surface area contributed by atoms with E-state index in [0.717, 1.165) is 0 Å². The van der Waals surface area contributed by atoms with E-state index in [2.05, 4.69) is 4.98 Å². The molecule has 0 amide bonds. The molecule has 1 heterocycles. The minimum Gasteiger partial charge on any atom is -0.481 e. The molecule has 0 aliphatic heterocycles. The van der Waals surface area contributed by atoms with Gasteiger partial charge in [-0.25, -0.2) is 4.98 Å². The average molecular weight is 198 g/mol. The van der Waals surface area contributed by atoms with Gasteiger partial charge in [0.1, 0.15) is 5.92 Å². The molecular weight excluding hydrogens is 188 g/mol. The Morgan fingerprint density at radius 2 is 2.21 bits per heavy atom. The number of aryl methyl sites for hydroxylation is 1. The summed E-state index contributed by atoms with van der Waals surface area (Å²) in [5.74, 6) is -3.34. The van der Waals surface area contributed by atoms with Gasteiger partial charge in [-0.05, 0) is 0 Å². The van der Waals surface area contributed by atoms with Crippen molar-refractivity contribution in [2.24, 2.45) is 7.05 Å². The quantitative estimate of drug-likeness (QED) is 0.713. The predicted molar refractivity (Wildman–Crippen MR) is 45.8 cm³/mol. The van der Waals surface area contributed by atoms with Gasteiger partial charge < -0.3 is 14.8 Å². The van der Waals surface area contributed by atoms with Gasteiger partial charge in [0.05, 0.1) is 18.4 Å². The Kier molecular flexibility index (Phi) is 2.85. The summed E-state index contributed by atoms with van der Waals surface area (Å²) in [4.78, 5) is 24.9. The molecule has 6 nitrogen and oxygen atoms in total. The SMILES string of the molecule is Cn1cncc1C(CC(=O)O)C(=O)O. The molecule has 0 aliphatic carbocycles. The van der Waals surface area contributed by atoms with Gasteiger partial charge in [-0.15, -0.1) is 0 Å². The molecule has 1 aromatic rings. The van der Waals surface area contributed by atoms with E-state index >= 15 is 0 Å². The molecule has 0 saturated heterocycles. The molecule has 0 aliphatic rings. The molecule has 2 N–H and O–H groups in total. The zero-order valence-corrected chi connectivity index (χ0v) is 7.54. The first kappa shape index (κ1) is 10.2. The minimum absolute atomic E-state index is 0.389. The lowest BCUT2D eigenvalue weighted by Gasteiger charge is -2.09. The van der Waals surface area contributed by atoms with Crippen LogP contribution in [0.15, 0.2) is 12.5 Å². The number of carboxylic acids is 2. The molecular formula is C8H10N2O4. The lowest BCUT2D eigenvalue weighted by atomic mass is 10.0. The first-order valence-electron chi connectivity index (χ1n) is 3.93. The highest BCUT2D eigenvalue weighted by atomic mass is 16.4. The Morgan fingerprint density at radius 3 is 2.57 bits per heavy atom. The number of imidazole rings is 1. The van der Waals surface area contributed by atoms with Gasteiger partial charge in [0.15, 0.2) is 0 Å². The zero-order valence-electron chi connectivity index (χ0n) is 7.54. The fraction of sp³-hybridized carbons (Fsp3) is 0.375. The van der Waals surface area contributed by atoms with Crippen LogP contribution in [0, 0.1) is 0 Å². The van der Waals surface area contributed by atoms with Gasteiger partial charge in [-0.1, -0.05) is 0 Å². The van der Waals surface area contributed by atoms with Crippen LogP contribution < -0.4 is 0 Å². The Morgan fingerprint density at radius 1 is 1.57 bits per heavy atom. The largest absolute Gasteiger partial charge is 0.481 e. The summed E-state index contributed by atoms with van der Waals surface area (Å²) in [7, 11) is 1.63. The van der Waals surface area contributed by atoms with Crippen LogP contribution in [0.4, 0.5) is 0 Å². The number of aliphatic carboxylic acids is 2. The van der Waals surface area contributed by atoms with E-state index in [4.69, 9.17) is 10.2 Å². The lowest BCUT2D eigenvalue weighted by Crippen LogP contribution is -2.18. The van der Waals surface area contributed by atoms with Crippen molar-refractivity contribution >= 4 is 11.9 Å². The van der Waals surface area contributed by atoms with Gasteiger partial charge in [0.2, 0.25) is 0 Å². The van der Waals surface area contributed by atoms with Crippen molar-refractivity contribution in [1.29, 1.82) is 0 Å². The van der Waals surface area contributed by atoms with E-state index in [9.17, 15) is 9.59 Å². The van der Waals surface area contributed by atoms with Crippen LogP contribution in [-0.2, 0) is 16.6 Å². The number of carbonyl (C=O) groups is 2. The second-order valence-electron chi connectivity index (χ2n) is 2.92. The van der Waals surface area contributed by atoms with Gasteiger partial charge in [0, 0.05) is 13.2 Å². The van der Waals surface area contributed by atoms with E-state index < -0.39 is 24.3 Å². The summed E-state index contributed by atoms with van der Waals surface area (Å²) in [6.07, 6.45) is 2.36. The van der Waals surface area contributed by atoms with Crippen LogP contribution >= 0.6 is 0 Å². The van der Waals surface area contributed by atoms with Crippen molar-refractivity contribution in [2.45, 2.75) is 12.3 Å². The zero-order chi connectivity index (χ0) is 10.7. The molecule has 76 valence electrons. The molecule has 0 fully saturated rings. The third kappa shape index (κ3) is 2.09. The number of aromatic nitrogens is 2. The van der Waals surface area contributed by atoms with Crippen LogP contribution in [0.1, 0.15) is 18.0 Å². The maximum Gasteiger partial charge on any atom is 0.313 e. The molecule has 1 rings (SSSR count). The smallest absolute Gasteiger partial charge is 0.313 e. The van der Waals surface area contributed by atoms with Crippen LogP contribution in [0.25, 0.3) is 0 Å². The van der Waals surface area contributed by atoms with Crippen LogP contribution in [0.3, 0.4) is 0 Å². The molecule has 1 aromatic heterocycles. The van der Waals surface area contributed by atoms with Crippen molar-refractivity contribution in [3.8, 4) is 0 Å². The van der Waals surface area contributed by atoms with Crippen LogP contribution in [-0.4, -0.2) is 31.7 Å². The second-order valence-corrected chi connectivity index (χ2v) is 2.92. The van der Waals surface area contributed by atoms with Gasteiger partial charge in [0.25, 0.3) is 0 Å². The molecule has 0 bridgehead atoms. The standard InChI is InChI=1S/C8H10N2O4/c1-10-4-9-3-6(10)5(8(13)14)2-7(11)12/h3-5H,2H2,1H3,(H,11,12)(H,13,14). The summed E-state index contributed by atoms with van der Waals surface area (Å²) < 4.78 is 1.50. The normalized spacial score (nSPS) is 12.4. The average Bonchev–Trinajstić information content (AvgIpc) is 2.46. The Labute approximate surface area is 79.8 Å². The van der Waals surface area contributed by atoms with Gasteiger partial charge in [-0.3, -0.25) is 9.59 Å². The fourth-order valence-electron chi connectivity index (χ4n) is 1.20. The lowest BCUT2D eigenvalue weighted by molar-refractivity contribution is -0.145. The van der Waals surface area contributed by atoms with E-state index in [-0.39, 0.29) is 0 Å². The summed E-state index contributed by atoms with van der Waals surface area (Å²) in [6, 6.07) is 0. The molecule has 1 atom stereocenters. The second kappa shape index (κ2) is 3.91. The fourth-order valence-corrected chi connectivity index (χ4v) is 1.20. The maximum atomic E-state index is 10.8. The van der Waals surface area contributed by atoms with E-state index in [1.54, 1.807) is 7.05 Å². The third-order valence-corrected chi connectivity index (χ3v) is 1.89. The van der Waals surface area contributed by atoms with E-state index in [1.807, 2.05) is 0 Å². The monoisotopic (exact) mass is 198 g/mol. The first-order valence-corrected chi connectivity index (χ1v) is 3.93. The summed E-state index contributed by atoms with van der Waals surface area (Å²) in [5, 5.41) is 17.3. The van der Waals surface area contributed by atoms with E-state index in [1.165, 1.54) is 17.1 Å². The summed E-state index contributed by atoms with van der Waals surface area (Å²) in [5.41, 5.74) is 0.389. The number of hydrogen-bond donors (Lipinski definition) is 2. The minimum atomic E-state index is -1.16. The number of nitrogens with zero attached hydrogens (tertiary/aromatic N) is 2. The maximum absolute atomic E-state index is 10.8. The molecule has 0 spiro atoms. The molecule has 0 radical (unpaired) electrons. The summed E-state index contributed by atoms with van der Waals surface area (Å²) >= 11 is 0. The summed E-state index contributed by atoms with van der Waals surface area (Å²) in [6.45, 7) is 0. The predicted octanol–water partition coefficient (Wildman–Crippen LogP) is 0.0630. The third-order valence-electron chi connectivity index (χ3n) is 1.89. The topological polar surface area (TPSA) is 92.4 Å². The Balaban J connectivity index is 2.94. The van der Waals surface area contributed by atoms with E-state index in [0.29, 0.717) is 5.69 Å². The van der Waals surface area contributed by atoms with Crippen molar-refractivity contribution in [1.82, 2.24) is 9.55 Å². The van der Waals surface area contributed by atoms with Gasteiger partial charge >= 0.3 is 11.9 Å². The van der Waals surface area contributed by atoms with Crippen molar-refractivity contribution in [3.05, 3.63) is 18.2 Å². The first-order chi connectivity index (χ1) is 6.52. The molecule has 0 saturated carbocycles. The molecule has 1 unspecified atom stereocenters. The van der Waals surface area contributed by atoms with Crippen molar-refractivity contribution in [2.75, 3.05) is 0 Å². The molecule has 14 heavy (non-hydrogen) atoms. The van der Waals surface area contributed by atoms with Crippen molar-refractivity contribution < 1.29 is 19.8 Å². The number of hydrogen-bond acceptors (Lipinski definition) is 3. The van der Waals surface area contributed by atoms with Crippen molar-refractivity contribution in [3.63, 3.8) is 0 Å². The Bertz CT molecular complexity index is 358. The molecule has 0 aromatic carbocycles. The number of rotatable bonds is 4. The van der Waals surface area contributed by atoms with Crippen LogP contribution in [0.5, 0.6) is 0 Å². The highest BCUT2D eigenvalue weighted by Crippen LogP contribution is 2.18. The van der Waals surface area contributed by atoms with Crippen LogP contribution in [0.2, 0.25) is 0 Å². The highest BCUT2D eigenvalue weighted by molar-refractivity contribution is 5.81. The highest BCUT2D eigenvalue weighted by Gasteiger charge is 2.25. The Hall–Kier alpha value is -1.85. The number of carboxylic acid groups (broad SMARTS) is 2. The molecule has 6 heteroatoms. The van der Waals surface area contributed by atoms with Gasteiger partial charge in [-0.2, -0.15) is 0 Å².